The van der Waals surface area contributed by atoms with Crippen LogP contribution in [0.2, 0.25) is 0 Å². The monoisotopic (exact) mass is 294 g/mol. The highest BCUT2D eigenvalue weighted by Crippen LogP contribution is 2.17. The first-order valence-corrected chi connectivity index (χ1v) is 7.91. The van der Waals surface area contributed by atoms with Gasteiger partial charge in [0.1, 0.15) is 0 Å². The number of unbranched alkanes of at least 4 members (excludes halogenated alkanes) is 3. The Labute approximate surface area is 126 Å². The summed E-state index contributed by atoms with van der Waals surface area (Å²) < 4.78 is 0. The summed E-state index contributed by atoms with van der Waals surface area (Å²) in [5, 5.41) is 11.9. The van der Waals surface area contributed by atoms with Gasteiger partial charge in [0, 0.05) is 26.2 Å². The lowest BCUT2D eigenvalue weighted by Gasteiger charge is -2.26. The smallest absolute Gasteiger partial charge is 0.231 e. The molecule has 1 aromatic rings. The van der Waals surface area contributed by atoms with E-state index in [2.05, 4.69) is 25.2 Å². The zero-order valence-electron chi connectivity index (χ0n) is 12.6. The first-order valence-electron chi connectivity index (χ1n) is 7.91. The summed E-state index contributed by atoms with van der Waals surface area (Å²) in [5.41, 5.74) is 5.78. The normalized spacial score (nSPS) is 15.2. The van der Waals surface area contributed by atoms with Gasteiger partial charge in [0.25, 0.3) is 0 Å². The fourth-order valence-corrected chi connectivity index (χ4v) is 2.49. The number of aromatic nitrogens is 3. The number of hydrogen-bond donors (Lipinski definition) is 3. The molecule has 0 radical (unpaired) electrons. The maximum atomic E-state index is 8.72. The van der Waals surface area contributed by atoms with Crippen molar-refractivity contribution in [1.82, 2.24) is 15.0 Å². The molecule has 1 aliphatic heterocycles. The van der Waals surface area contributed by atoms with Crippen LogP contribution in [0, 0.1) is 0 Å². The second-order valence-electron chi connectivity index (χ2n) is 5.43. The van der Waals surface area contributed by atoms with Gasteiger partial charge in [-0.15, -0.1) is 0 Å². The van der Waals surface area contributed by atoms with Gasteiger partial charge in [0.05, 0.1) is 0 Å². The van der Waals surface area contributed by atoms with Gasteiger partial charge in [-0.05, 0) is 32.1 Å². The molecule has 0 bridgehead atoms. The number of piperidine rings is 1. The Balaban J connectivity index is 1.83. The van der Waals surface area contributed by atoms with Gasteiger partial charge >= 0.3 is 0 Å². The van der Waals surface area contributed by atoms with E-state index in [-0.39, 0.29) is 12.6 Å². The summed E-state index contributed by atoms with van der Waals surface area (Å²) in [6.45, 7) is 3.07. The van der Waals surface area contributed by atoms with Crippen LogP contribution in [0.1, 0.15) is 44.9 Å². The third-order valence-corrected chi connectivity index (χ3v) is 3.65. The van der Waals surface area contributed by atoms with Crippen LogP contribution in [0.4, 0.5) is 17.8 Å². The molecule has 0 atom stereocenters. The highest BCUT2D eigenvalue weighted by molar-refractivity contribution is 5.42. The molecule has 1 aliphatic rings. The van der Waals surface area contributed by atoms with Gasteiger partial charge < -0.3 is 21.1 Å². The minimum absolute atomic E-state index is 0.272. The number of nitrogens with zero attached hydrogens (tertiary/aromatic N) is 4. The van der Waals surface area contributed by atoms with Crippen molar-refractivity contribution >= 4 is 17.8 Å². The second-order valence-corrected chi connectivity index (χ2v) is 5.43. The second kappa shape index (κ2) is 8.61. The third kappa shape index (κ3) is 5.34. The molecule has 4 N–H and O–H groups in total. The fraction of sp³-hybridized carbons (Fsp3) is 0.786. The maximum absolute atomic E-state index is 8.72. The molecule has 21 heavy (non-hydrogen) atoms. The van der Waals surface area contributed by atoms with Crippen LogP contribution < -0.4 is 16.0 Å². The van der Waals surface area contributed by atoms with Crippen LogP contribution in [-0.4, -0.2) is 46.3 Å². The van der Waals surface area contributed by atoms with E-state index in [1.54, 1.807) is 0 Å². The van der Waals surface area contributed by atoms with Crippen molar-refractivity contribution < 1.29 is 5.11 Å². The van der Waals surface area contributed by atoms with E-state index < -0.39 is 0 Å². The zero-order chi connectivity index (χ0) is 14.9. The van der Waals surface area contributed by atoms with Gasteiger partial charge in [-0.1, -0.05) is 12.8 Å². The lowest BCUT2D eigenvalue weighted by atomic mass is 10.1. The number of anilines is 3. The Bertz CT molecular complexity index is 422. The first kappa shape index (κ1) is 15.8. The topological polar surface area (TPSA) is 100 Å². The Hall–Kier alpha value is -1.63. The van der Waals surface area contributed by atoms with Crippen molar-refractivity contribution in [1.29, 1.82) is 0 Å². The van der Waals surface area contributed by atoms with Crippen molar-refractivity contribution in [3.63, 3.8) is 0 Å². The summed E-state index contributed by atoms with van der Waals surface area (Å²) in [6, 6.07) is 0. The van der Waals surface area contributed by atoms with E-state index in [0.29, 0.717) is 11.9 Å². The van der Waals surface area contributed by atoms with E-state index in [0.717, 1.165) is 45.3 Å². The highest BCUT2D eigenvalue weighted by Gasteiger charge is 2.15. The van der Waals surface area contributed by atoms with E-state index in [9.17, 15) is 0 Å². The van der Waals surface area contributed by atoms with Crippen LogP contribution in [0.15, 0.2) is 0 Å². The van der Waals surface area contributed by atoms with Crippen LogP contribution in [0.3, 0.4) is 0 Å². The summed E-state index contributed by atoms with van der Waals surface area (Å²) in [5.74, 6) is 1.52. The van der Waals surface area contributed by atoms with Gasteiger partial charge in [-0.3, -0.25) is 0 Å². The summed E-state index contributed by atoms with van der Waals surface area (Å²) >= 11 is 0. The molecule has 0 aliphatic carbocycles. The molecule has 2 heterocycles. The number of nitrogen functional groups attached to an aromatic ring is 1. The van der Waals surface area contributed by atoms with E-state index in [4.69, 9.17) is 10.8 Å². The molecule has 1 fully saturated rings. The van der Waals surface area contributed by atoms with Crippen LogP contribution in [0.5, 0.6) is 0 Å². The molecule has 0 aromatic carbocycles. The number of nitrogens with two attached hydrogens (primary N) is 1. The number of aliphatic hydroxyl groups is 1. The Morgan fingerprint density at radius 3 is 2.52 bits per heavy atom. The Morgan fingerprint density at radius 2 is 1.76 bits per heavy atom. The number of nitrogens with one attached hydrogen (secondary N) is 1. The predicted octanol–water partition coefficient (Wildman–Crippen LogP) is 1.41. The molecule has 0 saturated carbocycles. The molecule has 118 valence electrons. The van der Waals surface area contributed by atoms with Gasteiger partial charge in [0.15, 0.2) is 0 Å². The van der Waals surface area contributed by atoms with Gasteiger partial charge in [-0.25, -0.2) is 0 Å². The minimum atomic E-state index is 0.272. The molecular formula is C14H26N6O. The average molecular weight is 294 g/mol. The highest BCUT2D eigenvalue weighted by atomic mass is 16.2. The molecular weight excluding hydrogens is 268 g/mol. The average Bonchev–Trinajstić information content (AvgIpc) is 2.51. The molecule has 2 rings (SSSR count). The standard InChI is InChI=1S/C14H26N6O/c15-12-17-13(16-8-4-1-2-7-11-21)19-14(18-12)20-9-5-3-6-10-20/h21H,1-11H2,(H3,15,16,17,18,19). The number of aliphatic hydroxyl groups excluding tert-OH is 1. The summed E-state index contributed by atoms with van der Waals surface area (Å²) in [4.78, 5) is 15.0. The summed E-state index contributed by atoms with van der Waals surface area (Å²) in [7, 11) is 0. The largest absolute Gasteiger partial charge is 0.396 e. The van der Waals surface area contributed by atoms with E-state index >= 15 is 0 Å². The van der Waals surface area contributed by atoms with Crippen molar-refractivity contribution in [3.8, 4) is 0 Å². The van der Waals surface area contributed by atoms with Crippen molar-refractivity contribution in [2.75, 3.05) is 42.2 Å². The summed E-state index contributed by atoms with van der Waals surface area (Å²) in [6.07, 6.45) is 7.68. The van der Waals surface area contributed by atoms with Crippen molar-refractivity contribution in [2.24, 2.45) is 0 Å². The minimum Gasteiger partial charge on any atom is -0.396 e. The fourth-order valence-electron chi connectivity index (χ4n) is 2.49. The van der Waals surface area contributed by atoms with Crippen LogP contribution in [0.25, 0.3) is 0 Å². The maximum Gasteiger partial charge on any atom is 0.231 e. The third-order valence-electron chi connectivity index (χ3n) is 3.65. The molecule has 1 aromatic heterocycles. The van der Waals surface area contributed by atoms with Gasteiger partial charge in [0.2, 0.25) is 17.8 Å². The lowest BCUT2D eigenvalue weighted by molar-refractivity contribution is 0.283. The van der Waals surface area contributed by atoms with Crippen LogP contribution in [-0.2, 0) is 0 Å². The predicted molar refractivity (Wildman–Crippen MR) is 84.3 cm³/mol. The molecule has 7 heteroatoms. The first-order chi connectivity index (χ1) is 10.3. The van der Waals surface area contributed by atoms with E-state index in [1.165, 1.54) is 19.3 Å². The Morgan fingerprint density at radius 1 is 1.00 bits per heavy atom. The number of hydrogen-bond acceptors (Lipinski definition) is 7. The molecule has 0 unspecified atom stereocenters. The zero-order valence-corrected chi connectivity index (χ0v) is 12.6. The van der Waals surface area contributed by atoms with E-state index in [1.807, 2.05) is 0 Å². The molecule has 1 saturated heterocycles. The molecule has 0 spiro atoms. The van der Waals surface area contributed by atoms with Crippen LogP contribution >= 0.6 is 0 Å². The Kier molecular flexibility index (Phi) is 6.46. The van der Waals surface area contributed by atoms with Crippen molar-refractivity contribution in [2.45, 2.75) is 44.9 Å². The SMILES string of the molecule is Nc1nc(NCCCCCCO)nc(N2CCCCC2)n1. The quantitative estimate of drug-likeness (QED) is 0.623. The number of rotatable bonds is 8. The molecule has 0 amide bonds. The lowest BCUT2D eigenvalue weighted by Crippen LogP contribution is -2.31. The van der Waals surface area contributed by atoms with Gasteiger partial charge in [-0.2, -0.15) is 15.0 Å². The van der Waals surface area contributed by atoms with Crippen molar-refractivity contribution in [3.05, 3.63) is 0 Å². The molecule has 7 nitrogen and oxygen atoms in total.